The van der Waals surface area contributed by atoms with Crippen LogP contribution in [0.3, 0.4) is 0 Å². The number of hydrogen-bond acceptors (Lipinski definition) is 3. The number of carbonyl (C=O) groups is 1. The molecule has 0 saturated carbocycles. The van der Waals surface area contributed by atoms with Gasteiger partial charge in [0.1, 0.15) is 5.75 Å². The molecule has 2 aromatic carbocycles. The normalized spacial score (nSPS) is 11.8. The molecule has 2 N–H and O–H groups in total. The summed E-state index contributed by atoms with van der Waals surface area (Å²) in [5, 5.41) is 12.4. The SMILES string of the molecule is COc1cccc(C(C)Nc2cc(C(=O)O)ccc2C)c1. The molecule has 0 bridgehead atoms. The van der Waals surface area contributed by atoms with E-state index in [1.807, 2.05) is 44.2 Å². The van der Waals surface area contributed by atoms with E-state index in [4.69, 9.17) is 9.84 Å². The summed E-state index contributed by atoms with van der Waals surface area (Å²) in [6, 6.07) is 12.9. The zero-order chi connectivity index (χ0) is 15.4. The summed E-state index contributed by atoms with van der Waals surface area (Å²) in [7, 11) is 1.64. The van der Waals surface area contributed by atoms with Crippen LogP contribution in [0.15, 0.2) is 42.5 Å². The second-order valence-corrected chi connectivity index (χ2v) is 4.98. The van der Waals surface area contributed by atoms with Crippen molar-refractivity contribution in [3.8, 4) is 5.75 Å². The molecule has 0 saturated heterocycles. The van der Waals surface area contributed by atoms with E-state index >= 15 is 0 Å². The van der Waals surface area contributed by atoms with Gasteiger partial charge in [-0.05, 0) is 49.2 Å². The molecule has 0 aliphatic heterocycles. The minimum atomic E-state index is -0.924. The van der Waals surface area contributed by atoms with Crippen LogP contribution in [0.4, 0.5) is 5.69 Å². The molecule has 4 heteroatoms. The third-order valence-electron chi connectivity index (χ3n) is 3.45. The number of hydrogen-bond donors (Lipinski definition) is 2. The molecule has 110 valence electrons. The quantitative estimate of drug-likeness (QED) is 0.875. The van der Waals surface area contributed by atoms with Crippen LogP contribution in [0.2, 0.25) is 0 Å². The summed E-state index contributed by atoms with van der Waals surface area (Å²) in [5.41, 5.74) is 3.19. The first-order valence-corrected chi connectivity index (χ1v) is 6.75. The Bertz CT molecular complexity index is 652. The van der Waals surface area contributed by atoms with Crippen LogP contribution in [-0.4, -0.2) is 18.2 Å². The lowest BCUT2D eigenvalue weighted by Crippen LogP contribution is -2.09. The van der Waals surface area contributed by atoms with E-state index in [0.717, 1.165) is 22.6 Å². The topological polar surface area (TPSA) is 58.6 Å². The van der Waals surface area contributed by atoms with Crippen molar-refractivity contribution in [1.29, 1.82) is 0 Å². The van der Waals surface area contributed by atoms with Crippen molar-refractivity contribution in [2.45, 2.75) is 19.9 Å². The second kappa shape index (κ2) is 6.31. The average molecular weight is 285 g/mol. The van der Waals surface area contributed by atoms with Crippen molar-refractivity contribution in [2.75, 3.05) is 12.4 Å². The first kappa shape index (κ1) is 14.9. The molecule has 0 aliphatic rings. The standard InChI is InChI=1S/C17H19NO3/c1-11-7-8-14(17(19)20)10-16(11)18-12(2)13-5-4-6-15(9-13)21-3/h4-10,12,18H,1-3H3,(H,19,20). The van der Waals surface area contributed by atoms with Gasteiger partial charge in [0.2, 0.25) is 0 Å². The number of rotatable bonds is 5. The molecule has 4 nitrogen and oxygen atoms in total. The Labute approximate surface area is 124 Å². The molecule has 0 aliphatic carbocycles. The van der Waals surface area contributed by atoms with E-state index in [1.165, 1.54) is 0 Å². The van der Waals surface area contributed by atoms with E-state index in [1.54, 1.807) is 19.2 Å². The third-order valence-corrected chi connectivity index (χ3v) is 3.45. The number of aromatic carboxylic acids is 1. The zero-order valence-corrected chi connectivity index (χ0v) is 12.4. The number of carboxylic acids is 1. The highest BCUT2D eigenvalue weighted by atomic mass is 16.5. The van der Waals surface area contributed by atoms with Gasteiger partial charge in [-0.25, -0.2) is 4.79 Å². The molecule has 0 fully saturated rings. The fourth-order valence-corrected chi connectivity index (χ4v) is 2.14. The minimum Gasteiger partial charge on any atom is -0.497 e. The molecule has 1 atom stereocenters. The lowest BCUT2D eigenvalue weighted by atomic mass is 10.1. The predicted octanol–water partition coefficient (Wildman–Crippen LogP) is 3.87. The Morgan fingerprint density at radius 3 is 2.67 bits per heavy atom. The number of methoxy groups -OCH3 is 1. The highest BCUT2D eigenvalue weighted by Gasteiger charge is 2.10. The summed E-state index contributed by atoms with van der Waals surface area (Å²) in [4.78, 5) is 11.1. The van der Waals surface area contributed by atoms with Gasteiger partial charge in [-0.2, -0.15) is 0 Å². The maximum absolute atomic E-state index is 11.1. The number of benzene rings is 2. The van der Waals surface area contributed by atoms with Crippen LogP contribution in [0.25, 0.3) is 0 Å². The smallest absolute Gasteiger partial charge is 0.335 e. The lowest BCUT2D eigenvalue weighted by Gasteiger charge is -2.18. The van der Waals surface area contributed by atoms with Crippen molar-refractivity contribution in [3.63, 3.8) is 0 Å². The van der Waals surface area contributed by atoms with Gasteiger partial charge in [-0.3, -0.25) is 0 Å². The second-order valence-electron chi connectivity index (χ2n) is 4.98. The molecule has 0 spiro atoms. The first-order valence-electron chi connectivity index (χ1n) is 6.75. The summed E-state index contributed by atoms with van der Waals surface area (Å²) in [6.07, 6.45) is 0. The maximum Gasteiger partial charge on any atom is 0.335 e. The van der Waals surface area contributed by atoms with Gasteiger partial charge >= 0.3 is 5.97 Å². The molecule has 1 unspecified atom stereocenters. The zero-order valence-electron chi connectivity index (χ0n) is 12.4. The van der Waals surface area contributed by atoms with Gasteiger partial charge in [0.25, 0.3) is 0 Å². The Morgan fingerprint density at radius 2 is 2.00 bits per heavy atom. The highest BCUT2D eigenvalue weighted by molar-refractivity contribution is 5.89. The number of ether oxygens (including phenoxy) is 1. The molecule has 2 aromatic rings. The van der Waals surface area contributed by atoms with E-state index in [0.29, 0.717) is 0 Å². The Hall–Kier alpha value is -2.49. The van der Waals surface area contributed by atoms with E-state index in [-0.39, 0.29) is 11.6 Å². The maximum atomic E-state index is 11.1. The predicted molar refractivity (Wildman–Crippen MR) is 83.2 cm³/mol. The molecule has 0 amide bonds. The number of aryl methyl sites for hydroxylation is 1. The van der Waals surface area contributed by atoms with Gasteiger partial charge in [0.15, 0.2) is 0 Å². The number of carboxylic acid groups (broad SMARTS) is 1. The average Bonchev–Trinajstić information content (AvgIpc) is 2.49. The van der Waals surface area contributed by atoms with E-state index in [2.05, 4.69) is 5.32 Å². The first-order chi connectivity index (χ1) is 10.0. The summed E-state index contributed by atoms with van der Waals surface area (Å²) in [5.74, 6) is -0.121. The van der Waals surface area contributed by atoms with E-state index in [9.17, 15) is 4.79 Å². The summed E-state index contributed by atoms with van der Waals surface area (Å²) < 4.78 is 5.22. The van der Waals surface area contributed by atoms with Crippen molar-refractivity contribution in [1.82, 2.24) is 0 Å². The Kier molecular flexibility index (Phi) is 4.48. The van der Waals surface area contributed by atoms with E-state index < -0.39 is 5.97 Å². The molecule has 0 aromatic heterocycles. The summed E-state index contributed by atoms with van der Waals surface area (Å²) >= 11 is 0. The third kappa shape index (κ3) is 3.54. The molecule has 0 radical (unpaired) electrons. The molecule has 0 heterocycles. The van der Waals surface area contributed by atoms with Crippen molar-refractivity contribution >= 4 is 11.7 Å². The van der Waals surface area contributed by atoms with Gasteiger partial charge in [0, 0.05) is 11.7 Å². The van der Waals surface area contributed by atoms with Crippen LogP contribution in [0.5, 0.6) is 5.75 Å². The van der Waals surface area contributed by atoms with Crippen molar-refractivity contribution in [2.24, 2.45) is 0 Å². The summed E-state index contributed by atoms with van der Waals surface area (Å²) in [6.45, 7) is 3.98. The minimum absolute atomic E-state index is 0.0443. The largest absolute Gasteiger partial charge is 0.497 e. The number of nitrogens with one attached hydrogen (secondary N) is 1. The molecule has 2 rings (SSSR count). The van der Waals surface area contributed by atoms with Gasteiger partial charge in [-0.15, -0.1) is 0 Å². The fourth-order valence-electron chi connectivity index (χ4n) is 2.14. The highest BCUT2D eigenvalue weighted by Crippen LogP contribution is 2.25. The lowest BCUT2D eigenvalue weighted by molar-refractivity contribution is 0.0697. The molecular formula is C17H19NO3. The Balaban J connectivity index is 2.24. The van der Waals surface area contributed by atoms with Gasteiger partial charge in [0.05, 0.1) is 12.7 Å². The van der Waals surface area contributed by atoms with Crippen molar-refractivity contribution in [3.05, 3.63) is 59.2 Å². The van der Waals surface area contributed by atoms with Crippen molar-refractivity contribution < 1.29 is 14.6 Å². The van der Waals surface area contributed by atoms with Crippen LogP contribution in [0.1, 0.15) is 34.5 Å². The fraction of sp³-hybridized carbons (Fsp3) is 0.235. The van der Waals surface area contributed by atoms with Crippen LogP contribution in [0, 0.1) is 6.92 Å². The molecule has 21 heavy (non-hydrogen) atoms. The molecular weight excluding hydrogens is 266 g/mol. The number of anilines is 1. The van der Waals surface area contributed by atoms with Crippen LogP contribution in [-0.2, 0) is 0 Å². The monoisotopic (exact) mass is 285 g/mol. The van der Waals surface area contributed by atoms with Crippen LogP contribution < -0.4 is 10.1 Å². The van der Waals surface area contributed by atoms with Gasteiger partial charge in [-0.1, -0.05) is 18.2 Å². The Morgan fingerprint density at radius 1 is 1.24 bits per heavy atom. The van der Waals surface area contributed by atoms with Gasteiger partial charge < -0.3 is 15.2 Å². The van der Waals surface area contributed by atoms with Crippen LogP contribution >= 0.6 is 0 Å².